The Morgan fingerprint density at radius 1 is 1.26 bits per heavy atom. The summed E-state index contributed by atoms with van der Waals surface area (Å²) in [6, 6.07) is 7.57. The first kappa shape index (κ1) is 15.4. The van der Waals surface area contributed by atoms with Crippen LogP contribution in [0.3, 0.4) is 0 Å². The van der Waals surface area contributed by atoms with Crippen LogP contribution in [0.25, 0.3) is 0 Å². The summed E-state index contributed by atoms with van der Waals surface area (Å²) in [7, 11) is 0. The van der Waals surface area contributed by atoms with E-state index in [2.05, 4.69) is 20.6 Å². The number of nitrogens with zero attached hydrogens (tertiary/aromatic N) is 2. The molecule has 0 spiro atoms. The van der Waals surface area contributed by atoms with Crippen LogP contribution in [0.2, 0.25) is 0 Å². The lowest BCUT2D eigenvalue weighted by Crippen LogP contribution is -2.34. The Morgan fingerprint density at radius 2 is 2.00 bits per heavy atom. The highest BCUT2D eigenvalue weighted by molar-refractivity contribution is 5.93. The molecule has 6 heteroatoms. The predicted molar refractivity (Wildman–Crippen MR) is 87.5 cm³/mol. The Morgan fingerprint density at radius 3 is 2.70 bits per heavy atom. The molecule has 0 aliphatic carbocycles. The van der Waals surface area contributed by atoms with Gasteiger partial charge in [-0.3, -0.25) is 4.79 Å². The smallest absolute Gasteiger partial charge is 0.321 e. The van der Waals surface area contributed by atoms with Crippen LogP contribution >= 0.6 is 0 Å². The SMILES string of the molecule is Cc1cc(Oc2ncccn2)ccc1NC(=O)C1CCNCC1. The fraction of sp³-hybridized carbons (Fsp3) is 0.353. The standard InChI is InChI=1S/C17H20N4O2/c1-12-11-14(23-17-19-7-2-8-20-17)3-4-15(12)21-16(22)13-5-9-18-10-6-13/h2-4,7-8,11,13,18H,5-6,9-10H2,1H3,(H,21,22). The molecule has 2 N–H and O–H groups in total. The maximum absolute atomic E-state index is 12.3. The number of amides is 1. The Balaban J connectivity index is 1.66. The van der Waals surface area contributed by atoms with Crippen molar-refractivity contribution in [3.05, 3.63) is 42.2 Å². The number of rotatable bonds is 4. The lowest BCUT2D eigenvalue weighted by atomic mass is 9.97. The van der Waals surface area contributed by atoms with Gasteiger partial charge < -0.3 is 15.4 Å². The third-order valence-corrected chi connectivity index (χ3v) is 3.92. The summed E-state index contributed by atoms with van der Waals surface area (Å²) in [4.78, 5) is 20.4. The van der Waals surface area contributed by atoms with Gasteiger partial charge in [-0.25, -0.2) is 9.97 Å². The van der Waals surface area contributed by atoms with E-state index in [0.717, 1.165) is 37.2 Å². The number of hydrogen-bond acceptors (Lipinski definition) is 5. The van der Waals surface area contributed by atoms with Crippen molar-refractivity contribution in [3.63, 3.8) is 0 Å². The van der Waals surface area contributed by atoms with Crippen LogP contribution in [-0.4, -0.2) is 29.0 Å². The molecule has 0 unspecified atom stereocenters. The summed E-state index contributed by atoms with van der Waals surface area (Å²) < 4.78 is 5.59. The second-order valence-electron chi connectivity index (χ2n) is 5.62. The zero-order chi connectivity index (χ0) is 16.1. The zero-order valence-corrected chi connectivity index (χ0v) is 13.1. The van der Waals surface area contributed by atoms with E-state index in [1.165, 1.54) is 0 Å². The van der Waals surface area contributed by atoms with E-state index in [1.807, 2.05) is 19.1 Å². The van der Waals surface area contributed by atoms with Crippen LogP contribution in [-0.2, 0) is 4.79 Å². The van der Waals surface area contributed by atoms with Crippen LogP contribution in [0.4, 0.5) is 5.69 Å². The van der Waals surface area contributed by atoms with Crippen molar-refractivity contribution >= 4 is 11.6 Å². The van der Waals surface area contributed by atoms with Crippen LogP contribution in [0, 0.1) is 12.8 Å². The monoisotopic (exact) mass is 312 g/mol. The lowest BCUT2D eigenvalue weighted by Gasteiger charge is -2.22. The third-order valence-electron chi connectivity index (χ3n) is 3.92. The van der Waals surface area contributed by atoms with Crippen molar-refractivity contribution in [2.24, 2.45) is 5.92 Å². The first-order valence-corrected chi connectivity index (χ1v) is 7.79. The molecule has 1 fully saturated rings. The van der Waals surface area contributed by atoms with E-state index >= 15 is 0 Å². The highest BCUT2D eigenvalue weighted by Crippen LogP contribution is 2.25. The number of nitrogens with one attached hydrogen (secondary N) is 2. The molecule has 1 aromatic heterocycles. The second kappa shape index (κ2) is 7.19. The topological polar surface area (TPSA) is 76.1 Å². The predicted octanol–water partition coefficient (Wildman–Crippen LogP) is 2.52. The van der Waals surface area contributed by atoms with Gasteiger partial charge in [0.1, 0.15) is 5.75 Å². The molecule has 1 amide bonds. The van der Waals surface area contributed by atoms with Crippen LogP contribution in [0.15, 0.2) is 36.7 Å². The van der Waals surface area contributed by atoms with Crippen molar-refractivity contribution in [3.8, 4) is 11.8 Å². The van der Waals surface area contributed by atoms with Gasteiger partial charge >= 0.3 is 6.01 Å². The Hall–Kier alpha value is -2.47. The molecule has 1 aliphatic rings. The van der Waals surface area contributed by atoms with Gasteiger partial charge in [-0.05, 0) is 62.7 Å². The molecule has 120 valence electrons. The number of carbonyl (C=O) groups excluding carboxylic acids is 1. The number of anilines is 1. The molecule has 0 bridgehead atoms. The average Bonchev–Trinajstić information content (AvgIpc) is 2.59. The summed E-state index contributed by atoms with van der Waals surface area (Å²) in [5, 5.41) is 6.28. The molecule has 1 aromatic carbocycles. The Labute approximate surface area is 135 Å². The van der Waals surface area contributed by atoms with Gasteiger partial charge in [0.25, 0.3) is 0 Å². The third kappa shape index (κ3) is 4.04. The van der Waals surface area contributed by atoms with E-state index in [9.17, 15) is 4.79 Å². The maximum atomic E-state index is 12.3. The molecular weight excluding hydrogens is 292 g/mol. The van der Waals surface area contributed by atoms with Gasteiger partial charge in [0.2, 0.25) is 5.91 Å². The Kier molecular flexibility index (Phi) is 4.83. The fourth-order valence-corrected chi connectivity index (χ4v) is 2.60. The van der Waals surface area contributed by atoms with Crippen molar-refractivity contribution in [1.29, 1.82) is 0 Å². The molecule has 23 heavy (non-hydrogen) atoms. The molecule has 2 heterocycles. The lowest BCUT2D eigenvalue weighted by molar-refractivity contribution is -0.120. The number of aryl methyl sites for hydroxylation is 1. The van der Waals surface area contributed by atoms with Gasteiger partial charge in [-0.2, -0.15) is 0 Å². The summed E-state index contributed by atoms with van der Waals surface area (Å²) in [6.45, 7) is 3.75. The molecule has 1 saturated heterocycles. The summed E-state index contributed by atoms with van der Waals surface area (Å²) in [5.41, 5.74) is 1.76. The molecule has 0 radical (unpaired) electrons. The maximum Gasteiger partial charge on any atom is 0.321 e. The Bertz CT molecular complexity index is 670. The minimum absolute atomic E-state index is 0.0873. The summed E-state index contributed by atoms with van der Waals surface area (Å²) >= 11 is 0. The molecule has 1 aliphatic heterocycles. The highest BCUT2D eigenvalue weighted by atomic mass is 16.5. The van der Waals surface area contributed by atoms with Gasteiger partial charge in [-0.15, -0.1) is 0 Å². The van der Waals surface area contributed by atoms with Crippen molar-refractivity contribution in [2.75, 3.05) is 18.4 Å². The molecule has 6 nitrogen and oxygen atoms in total. The first-order valence-electron chi connectivity index (χ1n) is 7.79. The first-order chi connectivity index (χ1) is 11.2. The highest BCUT2D eigenvalue weighted by Gasteiger charge is 2.21. The number of hydrogen-bond donors (Lipinski definition) is 2. The zero-order valence-electron chi connectivity index (χ0n) is 13.1. The molecule has 0 saturated carbocycles. The number of ether oxygens (including phenoxy) is 1. The van der Waals surface area contributed by atoms with Gasteiger partial charge in [0.15, 0.2) is 0 Å². The van der Waals surface area contributed by atoms with Crippen LogP contribution in [0.1, 0.15) is 18.4 Å². The van der Waals surface area contributed by atoms with E-state index in [0.29, 0.717) is 11.8 Å². The molecule has 2 aromatic rings. The second-order valence-corrected chi connectivity index (χ2v) is 5.62. The normalized spacial score (nSPS) is 15.2. The largest absolute Gasteiger partial charge is 0.424 e. The summed E-state index contributed by atoms with van der Waals surface area (Å²) in [6.07, 6.45) is 5.03. The van der Waals surface area contributed by atoms with Gasteiger partial charge in [-0.1, -0.05) is 0 Å². The van der Waals surface area contributed by atoms with E-state index in [4.69, 9.17) is 4.74 Å². The van der Waals surface area contributed by atoms with Crippen LogP contribution < -0.4 is 15.4 Å². The molecule has 3 rings (SSSR count). The van der Waals surface area contributed by atoms with Crippen molar-refractivity contribution < 1.29 is 9.53 Å². The van der Waals surface area contributed by atoms with Crippen molar-refractivity contribution in [1.82, 2.24) is 15.3 Å². The van der Waals surface area contributed by atoms with E-state index in [-0.39, 0.29) is 11.8 Å². The minimum atomic E-state index is 0.0873. The average molecular weight is 312 g/mol. The van der Waals surface area contributed by atoms with E-state index in [1.54, 1.807) is 24.5 Å². The fourth-order valence-electron chi connectivity index (χ4n) is 2.60. The van der Waals surface area contributed by atoms with E-state index < -0.39 is 0 Å². The minimum Gasteiger partial charge on any atom is -0.424 e. The molecular formula is C17H20N4O2. The number of piperidine rings is 1. The number of aromatic nitrogens is 2. The quantitative estimate of drug-likeness (QED) is 0.907. The summed E-state index contributed by atoms with van der Waals surface area (Å²) in [5.74, 6) is 0.826. The number of carbonyl (C=O) groups is 1. The van der Waals surface area contributed by atoms with Gasteiger partial charge in [0.05, 0.1) is 0 Å². The van der Waals surface area contributed by atoms with Gasteiger partial charge in [0, 0.05) is 24.0 Å². The molecule has 0 atom stereocenters. The van der Waals surface area contributed by atoms with Crippen molar-refractivity contribution in [2.45, 2.75) is 19.8 Å². The number of benzene rings is 1. The van der Waals surface area contributed by atoms with Crippen LogP contribution in [0.5, 0.6) is 11.8 Å².